The van der Waals surface area contributed by atoms with E-state index in [0.29, 0.717) is 5.92 Å². The van der Waals surface area contributed by atoms with Crippen molar-refractivity contribution in [3.63, 3.8) is 0 Å². The fraction of sp³-hybridized carbons (Fsp3) is 0.588. The van der Waals surface area contributed by atoms with Gasteiger partial charge in [-0.3, -0.25) is 4.79 Å². The lowest BCUT2D eigenvalue weighted by molar-refractivity contribution is -0.122. The Balaban J connectivity index is 2.73. The van der Waals surface area contributed by atoms with Crippen molar-refractivity contribution in [2.24, 2.45) is 5.92 Å². The minimum atomic E-state index is -0.195. The van der Waals surface area contributed by atoms with Gasteiger partial charge in [-0.15, -0.1) is 0 Å². The molecule has 0 radical (unpaired) electrons. The van der Waals surface area contributed by atoms with Gasteiger partial charge in [-0.25, -0.2) is 0 Å². The molecule has 0 saturated heterocycles. The molecule has 1 amide bonds. The Hall–Kier alpha value is -1.71. The van der Waals surface area contributed by atoms with Crippen LogP contribution in [0.5, 0.6) is 0 Å². The first-order valence-electron chi connectivity index (χ1n) is 7.85. The molecule has 1 aromatic carbocycles. The highest BCUT2D eigenvalue weighted by atomic mass is 16.2. The maximum atomic E-state index is 12.3. The Labute approximate surface area is 128 Å². The molecule has 4 heteroatoms. The van der Waals surface area contributed by atoms with Crippen LogP contribution in [0.4, 0.5) is 11.4 Å². The number of nitrogens with zero attached hydrogens (tertiary/aromatic N) is 1. The van der Waals surface area contributed by atoms with Gasteiger partial charge in [0.25, 0.3) is 0 Å². The Kier molecular flexibility index (Phi) is 7.06. The highest BCUT2D eigenvalue weighted by Crippen LogP contribution is 2.20. The maximum absolute atomic E-state index is 12.3. The van der Waals surface area contributed by atoms with Crippen molar-refractivity contribution in [3.8, 4) is 0 Å². The SMILES string of the molecule is CCCN(c1cccc(N)c1)C(C)C(=O)NCCC(C)C. The van der Waals surface area contributed by atoms with Crippen molar-refractivity contribution in [3.05, 3.63) is 24.3 Å². The van der Waals surface area contributed by atoms with E-state index >= 15 is 0 Å². The third kappa shape index (κ3) is 5.66. The predicted octanol–water partition coefficient (Wildman–Crippen LogP) is 3.04. The molecule has 1 atom stereocenters. The molecular formula is C17H29N3O. The van der Waals surface area contributed by atoms with Crippen LogP contribution in [0.15, 0.2) is 24.3 Å². The van der Waals surface area contributed by atoms with E-state index in [2.05, 4.69) is 31.0 Å². The lowest BCUT2D eigenvalue weighted by Crippen LogP contribution is -2.46. The normalized spacial score (nSPS) is 12.2. The number of rotatable bonds is 8. The fourth-order valence-corrected chi connectivity index (χ4v) is 2.26. The van der Waals surface area contributed by atoms with E-state index in [4.69, 9.17) is 5.73 Å². The molecule has 1 rings (SSSR count). The van der Waals surface area contributed by atoms with Crippen LogP contribution < -0.4 is 16.0 Å². The van der Waals surface area contributed by atoms with Gasteiger partial charge >= 0.3 is 0 Å². The largest absolute Gasteiger partial charge is 0.399 e. The number of hydrogen-bond acceptors (Lipinski definition) is 3. The molecular weight excluding hydrogens is 262 g/mol. The van der Waals surface area contributed by atoms with E-state index in [0.717, 1.165) is 37.3 Å². The summed E-state index contributed by atoms with van der Waals surface area (Å²) in [5, 5.41) is 3.03. The van der Waals surface area contributed by atoms with E-state index in [1.165, 1.54) is 0 Å². The lowest BCUT2D eigenvalue weighted by Gasteiger charge is -2.30. The van der Waals surface area contributed by atoms with E-state index in [9.17, 15) is 4.79 Å². The maximum Gasteiger partial charge on any atom is 0.242 e. The first-order valence-corrected chi connectivity index (χ1v) is 7.85. The monoisotopic (exact) mass is 291 g/mol. The van der Waals surface area contributed by atoms with Crippen molar-refractivity contribution in [2.75, 3.05) is 23.7 Å². The Morgan fingerprint density at radius 1 is 1.33 bits per heavy atom. The van der Waals surface area contributed by atoms with Gasteiger partial charge in [-0.05, 0) is 43.9 Å². The van der Waals surface area contributed by atoms with E-state index < -0.39 is 0 Å². The number of nitrogen functional groups attached to an aromatic ring is 1. The lowest BCUT2D eigenvalue weighted by atomic mass is 10.1. The van der Waals surface area contributed by atoms with Crippen molar-refractivity contribution in [2.45, 2.75) is 46.6 Å². The van der Waals surface area contributed by atoms with Crippen LogP contribution in [0.1, 0.15) is 40.5 Å². The summed E-state index contributed by atoms with van der Waals surface area (Å²) < 4.78 is 0. The first kappa shape index (κ1) is 17.3. The molecule has 0 fully saturated rings. The van der Waals surface area contributed by atoms with Crippen LogP contribution in [0.3, 0.4) is 0 Å². The minimum absolute atomic E-state index is 0.0755. The Bertz CT molecular complexity index is 445. The summed E-state index contributed by atoms with van der Waals surface area (Å²) >= 11 is 0. The van der Waals surface area contributed by atoms with Gasteiger partial charge in [-0.1, -0.05) is 26.8 Å². The molecule has 3 N–H and O–H groups in total. The highest BCUT2D eigenvalue weighted by Gasteiger charge is 2.20. The molecule has 0 aliphatic heterocycles. The summed E-state index contributed by atoms with van der Waals surface area (Å²) in [5.74, 6) is 0.674. The zero-order valence-corrected chi connectivity index (χ0v) is 13.7. The summed E-state index contributed by atoms with van der Waals surface area (Å²) in [7, 11) is 0. The number of hydrogen-bond donors (Lipinski definition) is 2. The average molecular weight is 291 g/mol. The second-order valence-corrected chi connectivity index (χ2v) is 5.94. The van der Waals surface area contributed by atoms with E-state index in [1.54, 1.807) is 0 Å². The van der Waals surface area contributed by atoms with Crippen LogP contribution in [-0.2, 0) is 4.79 Å². The van der Waals surface area contributed by atoms with Crippen LogP contribution >= 0.6 is 0 Å². The zero-order valence-electron chi connectivity index (χ0n) is 13.7. The molecule has 1 unspecified atom stereocenters. The summed E-state index contributed by atoms with van der Waals surface area (Å²) in [6.07, 6.45) is 1.99. The molecule has 0 aliphatic carbocycles. The summed E-state index contributed by atoms with van der Waals surface area (Å²) in [6.45, 7) is 9.95. The topological polar surface area (TPSA) is 58.4 Å². The smallest absolute Gasteiger partial charge is 0.242 e. The van der Waals surface area contributed by atoms with Crippen molar-refractivity contribution < 1.29 is 4.79 Å². The van der Waals surface area contributed by atoms with E-state index in [1.807, 2.05) is 31.2 Å². The average Bonchev–Trinajstić information content (AvgIpc) is 2.43. The summed E-state index contributed by atoms with van der Waals surface area (Å²) in [6, 6.07) is 7.52. The molecule has 1 aromatic rings. The molecule has 118 valence electrons. The third-order valence-corrected chi connectivity index (χ3v) is 3.53. The fourth-order valence-electron chi connectivity index (χ4n) is 2.26. The van der Waals surface area contributed by atoms with Gasteiger partial charge in [0.1, 0.15) is 6.04 Å². The molecule has 21 heavy (non-hydrogen) atoms. The number of anilines is 2. The van der Waals surface area contributed by atoms with Crippen molar-refractivity contribution in [1.82, 2.24) is 5.32 Å². The number of amides is 1. The van der Waals surface area contributed by atoms with Crippen molar-refractivity contribution >= 4 is 17.3 Å². The Morgan fingerprint density at radius 3 is 2.62 bits per heavy atom. The Morgan fingerprint density at radius 2 is 2.05 bits per heavy atom. The van der Waals surface area contributed by atoms with Crippen LogP contribution in [-0.4, -0.2) is 25.0 Å². The predicted molar refractivity (Wildman–Crippen MR) is 90.4 cm³/mol. The minimum Gasteiger partial charge on any atom is -0.399 e. The summed E-state index contributed by atoms with van der Waals surface area (Å²) in [5.41, 5.74) is 7.58. The first-order chi connectivity index (χ1) is 9.95. The van der Waals surface area contributed by atoms with Gasteiger partial charge in [0, 0.05) is 24.5 Å². The number of carbonyl (C=O) groups excluding carboxylic acids is 1. The van der Waals surface area contributed by atoms with Crippen LogP contribution in [0.25, 0.3) is 0 Å². The van der Waals surface area contributed by atoms with Crippen molar-refractivity contribution in [1.29, 1.82) is 0 Å². The number of nitrogens with one attached hydrogen (secondary N) is 1. The molecule has 0 aliphatic rings. The molecule has 0 heterocycles. The quantitative estimate of drug-likeness (QED) is 0.724. The van der Waals surface area contributed by atoms with Gasteiger partial charge in [0.2, 0.25) is 5.91 Å². The number of carbonyl (C=O) groups is 1. The molecule has 0 spiro atoms. The molecule has 4 nitrogen and oxygen atoms in total. The highest BCUT2D eigenvalue weighted by molar-refractivity contribution is 5.85. The van der Waals surface area contributed by atoms with Gasteiger partial charge in [0.05, 0.1) is 0 Å². The standard InChI is InChI=1S/C17H29N3O/c1-5-11-20(16-8-6-7-15(18)12-16)14(4)17(21)19-10-9-13(2)3/h6-8,12-14H,5,9-11,18H2,1-4H3,(H,19,21). The third-order valence-electron chi connectivity index (χ3n) is 3.53. The van der Waals surface area contributed by atoms with Gasteiger partial charge in [-0.2, -0.15) is 0 Å². The van der Waals surface area contributed by atoms with E-state index in [-0.39, 0.29) is 11.9 Å². The molecule has 0 aromatic heterocycles. The second-order valence-electron chi connectivity index (χ2n) is 5.94. The second kappa shape index (κ2) is 8.55. The molecule has 0 bridgehead atoms. The number of benzene rings is 1. The van der Waals surface area contributed by atoms with Crippen LogP contribution in [0, 0.1) is 5.92 Å². The molecule has 0 saturated carbocycles. The van der Waals surface area contributed by atoms with Crippen LogP contribution in [0.2, 0.25) is 0 Å². The van der Waals surface area contributed by atoms with Gasteiger partial charge < -0.3 is 16.0 Å². The van der Waals surface area contributed by atoms with Gasteiger partial charge in [0.15, 0.2) is 0 Å². The number of nitrogens with two attached hydrogens (primary N) is 1. The summed E-state index contributed by atoms with van der Waals surface area (Å²) in [4.78, 5) is 14.4. The zero-order chi connectivity index (χ0) is 15.8.